The summed E-state index contributed by atoms with van der Waals surface area (Å²) in [6.45, 7) is 1.90. The largest absolute Gasteiger partial charge is 0.477 e. The minimum absolute atomic E-state index is 0.0221. The molecule has 27 heavy (non-hydrogen) atoms. The number of nitrogens with one attached hydrogen (secondary N) is 1. The number of fused-ring (bicyclic) bond motifs is 1. The quantitative estimate of drug-likeness (QED) is 0.755. The van der Waals surface area contributed by atoms with E-state index in [1.807, 2.05) is 6.92 Å². The molecule has 1 aliphatic heterocycles. The van der Waals surface area contributed by atoms with Crippen LogP contribution in [-0.2, 0) is 9.59 Å². The summed E-state index contributed by atoms with van der Waals surface area (Å²) in [7, 11) is 3.42. The van der Waals surface area contributed by atoms with E-state index in [1.165, 1.54) is 12.3 Å². The maximum atomic E-state index is 12.6. The SMILES string of the molecule is CC1C(=O)N(C)c2cnc(N(C)C=CC(=N)C(=O)O)nc2N1C1CCCC1. The number of aromatic nitrogens is 2. The molecule has 1 aromatic heterocycles. The number of rotatable bonds is 5. The molecule has 1 aromatic rings. The fraction of sp³-hybridized carbons (Fsp3) is 0.500. The van der Waals surface area contributed by atoms with Gasteiger partial charge in [0.05, 0.1) is 6.20 Å². The molecule has 2 aliphatic rings. The molecule has 1 fully saturated rings. The van der Waals surface area contributed by atoms with Crippen LogP contribution in [0.1, 0.15) is 32.6 Å². The third-order valence-electron chi connectivity index (χ3n) is 5.18. The van der Waals surface area contributed by atoms with E-state index in [2.05, 4.69) is 14.9 Å². The van der Waals surface area contributed by atoms with Crippen LogP contribution in [0.5, 0.6) is 0 Å². The summed E-state index contributed by atoms with van der Waals surface area (Å²) in [6.07, 6.45) is 8.60. The summed E-state index contributed by atoms with van der Waals surface area (Å²) in [5.41, 5.74) is 0.149. The highest BCUT2D eigenvalue weighted by Crippen LogP contribution is 2.39. The van der Waals surface area contributed by atoms with E-state index in [0.717, 1.165) is 31.5 Å². The molecule has 0 aromatic carbocycles. The van der Waals surface area contributed by atoms with Gasteiger partial charge >= 0.3 is 5.97 Å². The van der Waals surface area contributed by atoms with Gasteiger partial charge in [-0.1, -0.05) is 12.8 Å². The Bertz CT molecular complexity index is 802. The Morgan fingerprint density at radius 3 is 2.70 bits per heavy atom. The molecule has 0 saturated heterocycles. The van der Waals surface area contributed by atoms with Gasteiger partial charge in [-0.05, 0) is 25.8 Å². The van der Waals surface area contributed by atoms with Gasteiger partial charge in [-0.2, -0.15) is 4.98 Å². The van der Waals surface area contributed by atoms with Crippen molar-refractivity contribution in [1.82, 2.24) is 9.97 Å². The van der Waals surface area contributed by atoms with Crippen LogP contribution >= 0.6 is 0 Å². The maximum Gasteiger partial charge on any atom is 0.353 e. The number of nitrogens with zero attached hydrogens (tertiary/aromatic N) is 5. The first-order valence-electron chi connectivity index (χ1n) is 8.97. The van der Waals surface area contributed by atoms with Gasteiger partial charge in [0.25, 0.3) is 0 Å². The number of anilines is 3. The molecular formula is C18H24N6O3. The zero-order valence-electron chi connectivity index (χ0n) is 15.7. The van der Waals surface area contributed by atoms with Crippen molar-refractivity contribution in [3.05, 3.63) is 18.5 Å². The summed E-state index contributed by atoms with van der Waals surface area (Å²) in [4.78, 5) is 37.6. The number of likely N-dealkylation sites (N-methyl/N-ethyl adjacent to an activating group) is 1. The summed E-state index contributed by atoms with van der Waals surface area (Å²) in [6, 6.07) is -0.0189. The predicted molar refractivity (Wildman–Crippen MR) is 103 cm³/mol. The van der Waals surface area contributed by atoms with Crippen molar-refractivity contribution in [2.24, 2.45) is 0 Å². The average Bonchev–Trinajstić information content (AvgIpc) is 3.17. The van der Waals surface area contributed by atoms with Crippen LogP contribution in [0.2, 0.25) is 0 Å². The van der Waals surface area contributed by atoms with Gasteiger partial charge in [0, 0.05) is 26.3 Å². The smallest absolute Gasteiger partial charge is 0.353 e. The van der Waals surface area contributed by atoms with E-state index in [1.54, 1.807) is 30.1 Å². The first kappa shape index (κ1) is 18.8. The second-order valence-electron chi connectivity index (χ2n) is 6.94. The highest BCUT2D eigenvalue weighted by molar-refractivity contribution is 6.39. The molecule has 9 nitrogen and oxygen atoms in total. The van der Waals surface area contributed by atoms with E-state index in [4.69, 9.17) is 10.5 Å². The van der Waals surface area contributed by atoms with Crippen LogP contribution in [-0.4, -0.2) is 58.8 Å². The van der Waals surface area contributed by atoms with Gasteiger partial charge in [-0.15, -0.1) is 0 Å². The molecule has 1 aliphatic carbocycles. The number of carboxylic acids is 1. The molecule has 3 rings (SSSR count). The number of carbonyl (C=O) groups is 2. The Kier molecular flexibility index (Phi) is 5.11. The fourth-order valence-electron chi connectivity index (χ4n) is 3.65. The van der Waals surface area contributed by atoms with E-state index >= 15 is 0 Å². The number of carboxylic acid groups (broad SMARTS) is 1. The molecular weight excluding hydrogens is 348 g/mol. The minimum Gasteiger partial charge on any atom is -0.477 e. The summed E-state index contributed by atoms with van der Waals surface area (Å²) < 4.78 is 0. The van der Waals surface area contributed by atoms with E-state index in [-0.39, 0.29) is 18.0 Å². The monoisotopic (exact) mass is 372 g/mol. The average molecular weight is 372 g/mol. The zero-order chi connectivity index (χ0) is 19.7. The number of aliphatic carboxylic acids is 1. The lowest BCUT2D eigenvalue weighted by Gasteiger charge is -2.42. The van der Waals surface area contributed by atoms with Gasteiger partial charge in [0.1, 0.15) is 17.4 Å². The molecule has 0 radical (unpaired) electrons. The lowest BCUT2D eigenvalue weighted by atomic mass is 10.1. The number of hydrogen-bond donors (Lipinski definition) is 2. The molecule has 0 spiro atoms. The molecule has 1 saturated carbocycles. The lowest BCUT2D eigenvalue weighted by molar-refractivity contribution is -0.129. The van der Waals surface area contributed by atoms with Gasteiger partial charge < -0.3 is 19.8 Å². The van der Waals surface area contributed by atoms with Crippen molar-refractivity contribution in [3.63, 3.8) is 0 Å². The fourth-order valence-corrected chi connectivity index (χ4v) is 3.65. The molecule has 2 N–H and O–H groups in total. The Balaban J connectivity index is 1.96. The van der Waals surface area contributed by atoms with Crippen LogP contribution in [0.25, 0.3) is 0 Å². The molecule has 1 amide bonds. The topological polar surface area (TPSA) is 114 Å². The maximum absolute atomic E-state index is 12.6. The first-order valence-corrected chi connectivity index (χ1v) is 8.97. The van der Waals surface area contributed by atoms with Gasteiger partial charge in [-0.25, -0.2) is 9.78 Å². The second-order valence-corrected chi connectivity index (χ2v) is 6.94. The highest BCUT2D eigenvalue weighted by atomic mass is 16.4. The van der Waals surface area contributed by atoms with Crippen LogP contribution in [0, 0.1) is 5.41 Å². The Morgan fingerprint density at radius 1 is 1.41 bits per heavy atom. The third-order valence-corrected chi connectivity index (χ3v) is 5.18. The molecule has 2 heterocycles. The minimum atomic E-state index is -1.30. The Labute approximate surface area is 157 Å². The van der Waals surface area contributed by atoms with Gasteiger partial charge in [0.15, 0.2) is 5.82 Å². The summed E-state index contributed by atoms with van der Waals surface area (Å²) >= 11 is 0. The van der Waals surface area contributed by atoms with Crippen LogP contribution < -0.4 is 14.7 Å². The normalized spacial score (nSPS) is 20.3. The molecule has 144 valence electrons. The van der Waals surface area contributed by atoms with Crippen molar-refractivity contribution < 1.29 is 14.7 Å². The molecule has 1 atom stereocenters. The standard InChI is InChI=1S/C18H24N6O3/c1-11-16(25)23(3)14-10-20-18(22(2)9-8-13(19)17(26)27)21-15(14)24(11)12-6-4-5-7-12/h8-12,19H,4-7H2,1-3H3,(H,26,27). The van der Waals surface area contributed by atoms with Crippen molar-refractivity contribution in [2.45, 2.75) is 44.7 Å². The van der Waals surface area contributed by atoms with Crippen LogP contribution in [0.4, 0.5) is 17.5 Å². The van der Waals surface area contributed by atoms with Crippen LogP contribution in [0.15, 0.2) is 18.5 Å². The second kappa shape index (κ2) is 7.34. The van der Waals surface area contributed by atoms with E-state index in [0.29, 0.717) is 11.6 Å². The predicted octanol–water partition coefficient (Wildman–Crippen LogP) is 1.64. The van der Waals surface area contributed by atoms with Crippen LogP contribution in [0.3, 0.4) is 0 Å². The number of hydrogen-bond acceptors (Lipinski definition) is 7. The Morgan fingerprint density at radius 2 is 2.07 bits per heavy atom. The summed E-state index contributed by atoms with van der Waals surface area (Å²) in [5.74, 6) is -0.183. The molecule has 9 heteroatoms. The molecule has 1 unspecified atom stereocenters. The first-order chi connectivity index (χ1) is 12.8. The van der Waals surface area contributed by atoms with Gasteiger partial charge in [-0.3, -0.25) is 10.2 Å². The zero-order valence-corrected chi connectivity index (χ0v) is 15.7. The van der Waals surface area contributed by atoms with Crippen molar-refractivity contribution >= 4 is 35.0 Å². The van der Waals surface area contributed by atoms with Crippen molar-refractivity contribution in [1.29, 1.82) is 5.41 Å². The number of carbonyl (C=O) groups excluding carboxylic acids is 1. The highest BCUT2D eigenvalue weighted by Gasteiger charge is 2.39. The third kappa shape index (κ3) is 3.49. The molecule has 0 bridgehead atoms. The van der Waals surface area contributed by atoms with E-state index in [9.17, 15) is 9.59 Å². The Hall–Kier alpha value is -2.97. The van der Waals surface area contributed by atoms with Crippen molar-refractivity contribution in [2.75, 3.05) is 28.8 Å². The van der Waals surface area contributed by atoms with Crippen molar-refractivity contribution in [3.8, 4) is 0 Å². The van der Waals surface area contributed by atoms with E-state index < -0.39 is 11.7 Å². The number of amides is 1. The lowest BCUT2D eigenvalue weighted by Crippen LogP contribution is -2.54. The summed E-state index contributed by atoms with van der Waals surface area (Å²) in [5, 5.41) is 16.2. The van der Waals surface area contributed by atoms with Gasteiger partial charge in [0.2, 0.25) is 11.9 Å².